The van der Waals surface area contributed by atoms with Crippen LogP contribution >= 0.6 is 15.6 Å². The van der Waals surface area contributed by atoms with E-state index in [1.165, 1.54) is 6.92 Å². The minimum atomic E-state index is -6.03. The Bertz CT molecular complexity index is 2770. The molecule has 84 heavy (non-hydrogen) atoms. The van der Waals surface area contributed by atoms with Gasteiger partial charge in [0.05, 0.1) is 19.8 Å². The molecular weight excluding hydrogens is 1180 g/mol. The Morgan fingerprint density at radius 2 is 1.26 bits per heavy atom. The number of aliphatic hydroxyl groups excluding tert-OH is 4. The predicted molar refractivity (Wildman–Crippen MR) is 272 cm³/mol. The second-order valence-corrected chi connectivity index (χ2v) is 21.8. The molecule has 3 unspecified atom stereocenters. The fraction of sp³-hybridized carbons (Fsp3) is 0.674. The molecule has 2 aliphatic heterocycles. The number of carbonyl (C=O) groups excluding carboxylic acids is 7. The zero-order valence-electron chi connectivity index (χ0n) is 45.2. The topological polar surface area (TPSA) is 607 Å². The van der Waals surface area contributed by atoms with Crippen molar-refractivity contribution in [2.45, 2.75) is 164 Å². The number of aliphatic hydroxyl groups is 4. The van der Waals surface area contributed by atoms with Crippen LogP contribution in [0.15, 0.2) is 21.9 Å². The van der Waals surface area contributed by atoms with Crippen molar-refractivity contribution >= 4 is 74.9 Å². The first-order valence-electron chi connectivity index (χ1n) is 25.1. The van der Waals surface area contributed by atoms with Gasteiger partial charge in [-0.3, -0.25) is 61.7 Å². The quantitative estimate of drug-likeness (QED) is 0.0291. The van der Waals surface area contributed by atoms with Gasteiger partial charge in [0.1, 0.15) is 85.0 Å². The third kappa shape index (κ3) is 21.7. The van der Waals surface area contributed by atoms with Gasteiger partial charge in [-0.25, -0.2) is 23.5 Å². The Morgan fingerprint density at radius 3 is 1.82 bits per heavy atom. The Hall–Kier alpha value is -6.68. The predicted octanol–water partition coefficient (Wildman–Crippen LogP) is -8.11. The normalized spacial score (nSPS) is 25.2. The average Bonchev–Trinajstić information content (AvgIpc) is 3.20. The van der Waals surface area contributed by atoms with Gasteiger partial charge in [0.15, 0.2) is 12.5 Å². The molecule has 7 amide bonds. The first-order chi connectivity index (χ1) is 39.0. The van der Waals surface area contributed by atoms with Crippen molar-refractivity contribution in [1.82, 2.24) is 46.8 Å². The van der Waals surface area contributed by atoms with E-state index in [-0.39, 0.29) is 19.3 Å². The van der Waals surface area contributed by atoms with Gasteiger partial charge in [-0.2, -0.15) is 4.31 Å². The number of phosphoric ester groups is 2. The second kappa shape index (κ2) is 32.0. The lowest BCUT2D eigenvalue weighted by molar-refractivity contribution is -0.263. The lowest BCUT2D eigenvalue weighted by Crippen LogP contribution is -2.66. The lowest BCUT2D eigenvalue weighted by atomic mass is 9.96. The molecule has 2 saturated heterocycles. The van der Waals surface area contributed by atoms with Crippen LogP contribution in [0.4, 0.5) is 0 Å². The Labute approximate surface area is 473 Å². The highest BCUT2D eigenvalue weighted by Crippen LogP contribution is 2.61. The number of carboxylic acids is 3. The van der Waals surface area contributed by atoms with Gasteiger partial charge in [-0.1, -0.05) is 0 Å². The van der Waals surface area contributed by atoms with E-state index in [0.29, 0.717) is 4.57 Å². The zero-order chi connectivity index (χ0) is 63.7. The number of phosphoric acid groups is 2. The summed E-state index contributed by atoms with van der Waals surface area (Å²) < 4.78 is 57.5. The van der Waals surface area contributed by atoms with Crippen molar-refractivity contribution in [3.05, 3.63) is 33.1 Å². The number of carboxylic acid groups (broad SMARTS) is 3. The molecule has 18 atom stereocenters. The van der Waals surface area contributed by atoms with Crippen molar-refractivity contribution < 1.29 is 130 Å². The summed E-state index contributed by atoms with van der Waals surface area (Å²) in [5.74, 6) is -11.8. The van der Waals surface area contributed by atoms with E-state index in [1.807, 2.05) is 4.98 Å². The standard InChI is InChI=1S/C43H68N10O29P2/c1-16(34(61)47-18(3)39(65)66)46-37(64)21(7-6-8-22(40(67)68)50-28(58)13-44)49-26(56)10-9-23(41(69)70)51-35(62)17(2)45-36(63)19(4)78-33-29(48-20(5)55)42(71)80-24(14-54)32(33)81-84(75,76)82-83(73,74)77-15-25-30(59)31(60)38(79-25)53-12-11-27(57)52-43(53)72/h11-12,16-19,21-25,29-33,38,42,54,59-60,71H,6-10,13-15,44H2,1-5H3,(H,45,63)(H,46,64)(H,47,61)(H,48,55)(H,49,56)(H,50,58)(H,51,62)(H,65,66)(H,67,68)(H,69,70)(H,73,74)(H,75,76)(H,52,57,72)/t16-,17-,18-,19+,21-,22?,23-,24+,25+,29+,30+,31+,32+,33+,38+,42-/m0/s1. The first-order valence-corrected chi connectivity index (χ1v) is 28.1. The average molecular weight is 1250 g/mol. The van der Waals surface area contributed by atoms with Crippen LogP contribution in [-0.2, 0) is 84.6 Å². The molecule has 2 fully saturated rings. The van der Waals surface area contributed by atoms with Crippen LogP contribution in [0.3, 0.4) is 0 Å². The van der Waals surface area contributed by atoms with Gasteiger partial charge in [0, 0.05) is 25.6 Å². The number of aromatic nitrogens is 2. The molecule has 2 aliphatic rings. The zero-order valence-corrected chi connectivity index (χ0v) is 46.9. The fourth-order valence-corrected chi connectivity index (χ4v) is 10.1. The molecule has 0 aliphatic carbocycles. The SMILES string of the molecule is CC(=O)N[C@@H]1[C@@H](O[C@H](C)C(=O)N[C@@H](C)C(=O)N[C@@H](CCC(=O)N[C@@H](CCCC(NC(=O)CN)C(=O)O)C(=O)N[C@@H](C)C(=O)N[C@@H](C)C(=O)O)C(=O)O)[C@H](OP(=O)(O)OP(=O)(O)OC[C@H]2O[C@@H](n3ccc(=O)[nH]c3=O)[C@H](O)[C@@H]2O)[C@@H](CO)O[C@@H]1O. The van der Waals surface area contributed by atoms with E-state index in [1.54, 1.807) is 0 Å². The summed E-state index contributed by atoms with van der Waals surface area (Å²) in [5.41, 5.74) is 3.32. The number of nitrogens with one attached hydrogen (secondary N) is 8. The van der Waals surface area contributed by atoms with Crippen LogP contribution in [0.25, 0.3) is 0 Å². The second-order valence-electron chi connectivity index (χ2n) is 18.8. The lowest BCUT2D eigenvalue weighted by Gasteiger charge is -2.45. The van der Waals surface area contributed by atoms with Crippen LogP contribution in [0.1, 0.15) is 73.0 Å². The largest absolute Gasteiger partial charge is 0.481 e. The highest BCUT2D eigenvalue weighted by Gasteiger charge is 2.53. The highest BCUT2D eigenvalue weighted by molar-refractivity contribution is 7.61. The van der Waals surface area contributed by atoms with Crippen molar-refractivity contribution in [2.75, 3.05) is 19.8 Å². The maximum atomic E-state index is 13.5. The molecule has 1 aromatic heterocycles. The minimum Gasteiger partial charge on any atom is -0.480 e. The molecule has 41 heteroatoms. The van der Waals surface area contributed by atoms with E-state index >= 15 is 0 Å². The molecule has 0 radical (unpaired) electrons. The molecule has 19 N–H and O–H groups in total. The summed E-state index contributed by atoms with van der Waals surface area (Å²) in [6, 6.07) is -10.4. The van der Waals surface area contributed by atoms with Crippen LogP contribution in [-0.4, -0.2) is 225 Å². The van der Waals surface area contributed by atoms with Gasteiger partial charge < -0.3 is 103 Å². The summed E-state index contributed by atoms with van der Waals surface area (Å²) in [4.78, 5) is 172. The van der Waals surface area contributed by atoms with E-state index in [4.69, 9.17) is 29.6 Å². The van der Waals surface area contributed by atoms with Crippen LogP contribution in [0, 0.1) is 0 Å². The van der Waals surface area contributed by atoms with E-state index in [9.17, 15) is 107 Å². The van der Waals surface area contributed by atoms with Gasteiger partial charge in [0.25, 0.3) is 5.56 Å². The maximum absolute atomic E-state index is 13.5. The van der Waals surface area contributed by atoms with Crippen LogP contribution < -0.4 is 54.2 Å². The smallest absolute Gasteiger partial charge is 0.480 e. The van der Waals surface area contributed by atoms with Crippen LogP contribution in [0.2, 0.25) is 0 Å². The molecule has 39 nitrogen and oxygen atoms in total. The summed E-state index contributed by atoms with van der Waals surface area (Å²) >= 11 is 0. The number of rotatable bonds is 33. The van der Waals surface area contributed by atoms with E-state index < -0.39 is 216 Å². The number of ether oxygens (including phenoxy) is 3. The third-order valence-electron chi connectivity index (χ3n) is 12.2. The fourth-order valence-electron chi connectivity index (χ4n) is 7.84. The molecule has 0 saturated carbocycles. The summed E-state index contributed by atoms with van der Waals surface area (Å²) in [7, 11) is -11.9. The molecule has 474 valence electrons. The summed E-state index contributed by atoms with van der Waals surface area (Å²) in [6.45, 7) is 2.31. The minimum absolute atomic E-state index is 0.177. The molecular formula is C43H68N10O29P2. The van der Waals surface area contributed by atoms with Crippen molar-refractivity contribution in [3.63, 3.8) is 0 Å². The number of aromatic amines is 1. The number of hydrogen-bond acceptors (Lipinski definition) is 25. The molecule has 0 bridgehead atoms. The molecule has 0 aromatic carbocycles. The Morgan fingerprint density at radius 1 is 0.702 bits per heavy atom. The number of amides is 7. The Kier molecular flexibility index (Phi) is 27.3. The summed E-state index contributed by atoms with van der Waals surface area (Å²) in [5, 5.41) is 85.8. The van der Waals surface area contributed by atoms with E-state index in [0.717, 1.165) is 40.0 Å². The maximum Gasteiger partial charge on any atom is 0.481 e. The van der Waals surface area contributed by atoms with E-state index in [2.05, 4.69) is 46.1 Å². The first kappa shape index (κ1) is 71.6. The van der Waals surface area contributed by atoms with Gasteiger partial charge >= 0.3 is 39.2 Å². The summed E-state index contributed by atoms with van der Waals surface area (Å²) in [6.07, 6.45) is -19.0. The monoisotopic (exact) mass is 1250 g/mol. The van der Waals surface area contributed by atoms with Crippen LogP contribution in [0.5, 0.6) is 0 Å². The molecule has 0 spiro atoms. The third-order valence-corrected chi connectivity index (χ3v) is 14.9. The number of nitrogens with two attached hydrogens (primary N) is 1. The van der Waals surface area contributed by atoms with Gasteiger partial charge in [-0.15, -0.1) is 0 Å². The molecule has 1 aromatic rings. The number of hydrogen-bond donors (Lipinski definition) is 18. The number of carbonyl (C=O) groups is 10. The van der Waals surface area contributed by atoms with Crippen molar-refractivity contribution in [1.29, 1.82) is 0 Å². The van der Waals surface area contributed by atoms with Crippen molar-refractivity contribution in [3.8, 4) is 0 Å². The van der Waals surface area contributed by atoms with Gasteiger partial charge in [-0.05, 0) is 53.4 Å². The number of aliphatic carboxylic acids is 3. The van der Waals surface area contributed by atoms with Crippen molar-refractivity contribution in [2.24, 2.45) is 5.73 Å². The molecule has 3 heterocycles. The number of nitrogens with zero attached hydrogens (tertiary/aromatic N) is 1. The molecule has 3 rings (SSSR count). The highest BCUT2D eigenvalue weighted by atomic mass is 31.3. The van der Waals surface area contributed by atoms with Gasteiger partial charge in [0.2, 0.25) is 41.4 Å². The number of H-pyrrole nitrogens is 1. The Balaban J connectivity index is 1.72.